The Hall–Kier alpha value is -1.69. The van der Waals surface area contributed by atoms with Gasteiger partial charge in [0.1, 0.15) is 5.82 Å². The second-order valence-electron chi connectivity index (χ2n) is 5.75. The Balaban J connectivity index is 1.67. The van der Waals surface area contributed by atoms with Gasteiger partial charge in [-0.2, -0.15) is 0 Å². The smallest absolute Gasteiger partial charge is 0.120 e. The largest absolute Gasteiger partial charge is 0.379 e. The molecule has 1 aromatic heterocycles. The zero-order valence-electron chi connectivity index (χ0n) is 13.1. The number of nitrogens with zero attached hydrogens (tertiary/aromatic N) is 2. The van der Waals surface area contributed by atoms with E-state index < -0.39 is 0 Å². The SMILES string of the molecule is Cc1cccc(C(CNCc2ncc[nH]2)N2CCOCC2)c1. The van der Waals surface area contributed by atoms with Gasteiger partial charge in [0.25, 0.3) is 0 Å². The lowest BCUT2D eigenvalue weighted by atomic mass is 10.0. The second-order valence-corrected chi connectivity index (χ2v) is 5.75. The minimum absolute atomic E-state index is 0.374. The highest BCUT2D eigenvalue weighted by molar-refractivity contribution is 5.25. The van der Waals surface area contributed by atoms with Crippen LogP contribution in [0.3, 0.4) is 0 Å². The van der Waals surface area contributed by atoms with E-state index in [1.54, 1.807) is 6.20 Å². The van der Waals surface area contributed by atoms with Crippen molar-refractivity contribution >= 4 is 0 Å². The van der Waals surface area contributed by atoms with Crippen LogP contribution in [0.25, 0.3) is 0 Å². The number of aromatic nitrogens is 2. The molecule has 2 aromatic rings. The number of hydrogen-bond acceptors (Lipinski definition) is 4. The Labute approximate surface area is 131 Å². The summed E-state index contributed by atoms with van der Waals surface area (Å²) in [5, 5.41) is 3.53. The van der Waals surface area contributed by atoms with E-state index in [9.17, 15) is 0 Å². The lowest BCUT2D eigenvalue weighted by molar-refractivity contribution is 0.0160. The summed E-state index contributed by atoms with van der Waals surface area (Å²) in [5.41, 5.74) is 2.68. The molecule has 0 saturated carbocycles. The molecule has 5 nitrogen and oxygen atoms in total. The average Bonchev–Trinajstić information content (AvgIpc) is 3.06. The van der Waals surface area contributed by atoms with Crippen molar-refractivity contribution in [2.45, 2.75) is 19.5 Å². The Morgan fingerprint density at radius 1 is 1.36 bits per heavy atom. The van der Waals surface area contributed by atoms with E-state index in [1.807, 2.05) is 6.20 Å². The van der Waals surface area contributed by atoms with Crippen molar-refractivity contribution in [2.75, 3.05) is 32.8 Å². The van der Waals surface area contributed by atoms with Gasteiger partial charge in [-0.05, 0) is 12.5 Å². The Morgan fingerprint density at radius 2 is 2.23 bits per heavy atom. The molecule has 1 aromatic carbocycles. The summed E-state index contributed by atoms with van der Waals surface area (Å²) < 4.78 is 5.50. The zero-order chi connectivity index (χ0) is 15.2. The van der Waals surface area contributed by atoms with Gasteiger partial charge >= 0.3 is 0 Å². The molecule has 0 amide bonds. The van der Waals surface area contributed by atoms with Crippen molar-refractivity contribution < 1.29 is 4.74 Å². The molecule has 1 saturated heterocycles. The molecule has 118 valence electrons. The fourth-order valence-electron chi connectivity index (χ4n) is 2.95. The molecule has 1 atom stereocenters. The molecular weight excluding hydrogens is 276 g/mol. The maximum absolute atomic E-state index is 5.50. The van der Waals surface area contributed by atoms with Gasteiger partial charge < -0.3 is 15.0 Å². The van der Waals surface area contributed by atoms with Crippen molar-refractivity contribution in [1.82, 2.24) is 20.2 Å². The predicted octanol–water partition coefficient (Wildman–Crippen LogP) is 1.88. The molecule has 0 spiro atoms. The van der Waals surface area contributed by atoms with Gasteiger partial charge in [-0.1, -0.05) is 29.8 Å². The minimum Gasteiger partial charge on any atom is -0.379 e. The quantitative estimate of drug-likeness (QED) is 0.855. The number of imidazole rings is 1. The summed E-state index contributed by atoms with van der Waals surface area (Å²) in [7, 11) is 0. The van der Waals surface area contributed by atoms with Crippen molar-refractivity contribution in [3.05, 3.63) is 53.6 Å². The van der Waals surface area contributed by atoms with Crippen molar-refractivity contribution in [3.8, 4) is 0 Å². The molecule has 0 radical (unpaired) electrons. The van der Waals surface area contributed by atoms with E-state index in [-0.39, 0.29) is 0 Å². The van der Waals surface area contributed by atoms with Gasteiger partial charge in [-0.3, -0.25) is 4.90 Å². The summed E-state index contributed by atoms with van der Waals surface area (Å²) in [6.07, 6.45) is 3.65. The first-order valence-corrected chi connectivity index (χ1v) is 7.90. The number of benzene rings is 1. The molecular formula is C17H24N4O. The summed E-state index contributed by atoms with van der Waals surface area (Å²) in [6.45, 7) is 7.43. The van der Waals surface area contributed by atoms with Crippen molar-refractivity contribution in [1.29, 1.82) is 0 Å². The average molecular weight is 300 g/mol. The lowest BCUT2D eigenvalue weighted by Crippen LogP contribution is -2.42. The summed E-state index contributed by atoms with van der Waals surface area (Å²) in [4.78, 5) is 9.90. The van der Waals surface area contributed by atoms with Crippen LogP contribution in [0.15, 0.2) is 36.7 Å². The first-order chi connectivity index (χ1) is 10.8. The van der Waals surface area contributed by atoms with E-state index in [1.165, 1.54) is 11.1 Å². The van der Waals surface area contributed by atoms with Crippen LogP contribution in [0.2, 0.25) is 0 Å². The van der Waals surface area contributed by atoms with Crippen LogP contribution < -0.4 is 5.32 Å². The van der Waals surface area contributed by atoms with E-state index in [2.05, 4.69) is 51.4 Å². The third kappa shape index (κ3) is 3.94. The summed E-state index contributed by atoms with van der Waals surface area (Å²) >= 11 is 0. The maximum atomic E-state index is 5.50. The first-order valence-electron chi connectivity index (χ1n) is 7.90. The summed E-state index contributed by atoms with van der Waals surface area (Å²) in [5.74, 6) is 0.977. The van der Waals surface area contributed by atoms with Crippen molar-refractivity contribution in [2.24, 2.45) is 0 Å². The number of rotatable bonds is 6. The number of aromatic amines is 1. The number of hydrogen-bond donors (Lipinski definition) is 2. The van der Waals surface area contributed by atoms with Crippen LogP contribution >= 0.6 is 0 Å². The fourth-order valence-corrected chi connectivity index (χ4v) is 2.95. The molecule has 22 heavy (non-hydrogen) atoms. The lowest BCUT2D eigenvalue weighted by Gasteiger charge is -2.35. The first kappa shape index (κ1) is 15.2. The van der Waals surface area contributed by atoms with Gasteiger partial charge in [0, 0.05) is 38.1 Å². The normalized spacial score (nSPS) is 17.5. The van der Waals surface area contributed by atoms with E-state index >= 15 is 0 Å². The molecule has 2 N–H and O–H groups in total. The van der Waals surface area contributed by atoms with Gasteiger partial charge in [0.05, 0.1) is 19.8 Å². The molecule has 0 aliphatic carbocycles. The number of morpholine rings is 1. The van der Waals surface area contributed by atoms with Crippen molar-refractivity contribution in [3.63, 3.8) is 0 Å². The molecule has 1 aliphatic rings. The Morgan fingerprint density at radius 3 is 2.95 bits per heavy atom. The Kier molecular flexibility index (Phi) is 5.21. The molecule has 3 rings (SSSR count). The zero-order valence-corrected chi connectivity index (χ0v) is 13.1. The van der Waals surface area contributed by atoms with E-state index in [0.29, 0.717) is 6.04 Å². The molecule has 2 heterocycles. The predicted molar refractivity (Wildman–Crippen MR) is 86.6 cm³/mol. The van der Waals surface area contributed by atoms with Gasteiger partial charge in [0.15, 0.2) is 0 Å². The number of nitrogens with one attached hydrogen (secondary N) is 2. The standard InChI is InChI=1S/C17H24N4O/c1-14-3-2-4-15(11-14)16(21-7-9-22-10-8-21)12-18-13-17-19-5-6-20-17/h2-6,11,16,18H,7-10,12-13H2,1H3,(H,19,20). The maximum Gasteiger partial charge on any atom is 0.120 e. The Bertz CT molecular complexity index is 564. The van der Waals surface area contributed by atoms with E-state index in [0.717, 1.165) is 45.2 Å². The monoisotopic (exact) mass is 300 g/mol. The van der Waals surface area contributed by atoms with Gasteiger partial charge in [-0.15, -0.1) is 0 Å². The molecule has 1 aliphatic heterocycles. The number of aryl methyl sites for hydroxylation is 1. The van der Waals surface area contributed by atoms with Gasteiger partial charge in [-0.25, -0.2) is 4.98 Å². The van der Waals surface area contributed by atoms with Crippen LogP contribution in [-0.4, -0.2) is 47.7 Å². The highest BCUT2D eigenvalue weighted by atomic mass is 16.5. The van der Waals surface area contributed by atoms with Crippen LogP contribution in [0, 0.1) is 6.92 Å². The van der Waals surface area contributed by atoms with Crippen LogP contribution in [0.1, 0.15) is 23.0 Å². The van der Waals surface area contributed by atoms with Crippen LogP contribution in [-0.2, 0) is 11.3 Å². The van der Waals surface area contributed by atoms with E-state index in [4.69, 9.17) is 4.74 Å². The number of ether oxygens (including phenoxy) is 1. The molecule has 1 fully saturated rings. The topological polar surface area (TPSA) is 53.2 Å². The minimum atomic E-state index is 0.374. The number of H-pyrrole nitrogens is 1. The highest BCUT2D eigenvalue weighted by Crippen LogP contribution is 2.22. The molecule has 0 bridgehead atoms. The fraction of sp³-hybridized carbons (Fsp3) is 0.471. The second kappa shape index (κ2) is 7.54. The highest BCUT2D eigenvalue weighted by Gasteiger charge is 2.22. The molecule has 5 heteroatoms. The summed E-state index contributed by atoms with van der Waals surface area (Å²) in [6, 6.07) is 9.18. The van der Waals surface area contributed by atoms with Gasteiger partial charge in [0.2, 0.25) is 0 Å². The third-order valence-electron chi connectivity index (χ3n) is 4.10. The molecule has 1 unspecified atom stereocenters. The van der Waals surface area contributed by atoms with Crippen LogP contribution in [0.5, 0.6) is 0 Å². The van der Waals surface area contributed by atoms with Crippen LogP contribution in [0.4, 0.5) is 0 Å². The third-order valence-corrected chi connectivity index (χ3v) is 4.10.